The van der Waals surface area contributed by atoms with Gasteiger partial charge in [0.05, 0.1) is 19.8 Å². The van der Waals surface area contributed by atoms with Gasteiger partial charge in [-0.2, -0.15) is 0 Å². The number of ether oxygens (including phenoxy) is 3. The molecule has 0 aromatic rings. The van der Waals surface area contributed by atoms with E-state index in [-0.39, 0.29) is 12.0 Å². The molecule has 4 nitrogen and oxygen atoms in total. The first-order valence-corrected chi connectivity index (χ1v) is 7.87. The van der Waals surface area contributed by atoms with Gasteiger partial charge in [-0.25, -0.2) is 8.78 Å². The first kappa shape index (κ1) is 15.9. The molecule has 0 amide bonds. The summed E-state index contributed by atoms with van der Waals surface area (Å²) in [7, 11) is 0. The second-order valence-electron chi connectivity index (χ2n) is 6.22. The zero-order valence-electron chi connectivity index (χ0n) is 12.4. The van der Waals surface area contributed by atoms with Crippen molar-refractivity contribution in [3.63, 3.8) is 0 Å². The Morgan fingerprint density at radius 3 is 2.59 bits per heavy atom. The van der Waals surface area contributed by atoms with Crippen LogP contribution >= 0.6 is 0 Å². The summed E-state index contributed by atoms with van der Waals surface area (Å²) in [6.07, 6.45) is 5.08. The van der Waals surface area contributed by atoms with E-state index in [9.17, 15) is 13.9 Å². The minimum absolute atomic E-state index is 0.0789. The number of aliphatic hydroxyl groups is 1. The lowest BCUT2D eigenvalue weighted by molar-refractivity contribution is -0.109. The molecule has 3 aliphatic rings. The molecule has 2 fully saturated rings. The fourth-order valence-corrected chi connectivity index (χ4v) is 3.26. The second kappa shape index (κ2) is 6.64. The second-order valence-corrected chi connectivity index (χ2v) is 6.22. The summed E-state index contributed by atoms with van der Waals surface area (Å²) in [5.74, 6) is -2.39. The third kappa shape index (κ3) is 3.50. The summed E-state index contributed by atoms with van der Waals surface area (Å²) in [6.45, 7) is 1.67. The van der Waals surface area contributed by atoms with Crippen LogP contribution in [0.4, 0.5) is 8.78 Å². The average molecular weight is 316 g/mol. The van der Waals surface area contributed by atoms with Gasteiger partial charge in [-0.05, 0) is 43.8 Å². The van der Waals surface area contributed by atoms with Crippen LogP contribution in [-0.2, 0) is 14.2 Å². The molecular weight excluding hydrogens is 294 g/mol. The Morgan fingerprint density at radius 1 is 1.23 bits per heavy atom. The van der Waals surface area contributed by atoms with Crippen LogP contribution in [-0.4, -0.2) is 43.2 Å². The Balaban J connectivity index is 1.43. The summed E-state index contributed by atoms with van der Waals surface area (Å²) in [6, 6.07) is 0. The molecule has 0 aromatic heterocycles. The molecule has 0 spiro atoms. The smallest absolute Gasteiger partial charge is 0.265 e. The topological polar surface area (TPSA) is 47.9 Å². The molecule has 3 rings (SSSR count). The maximum absolute atomic E-state index is 13.7. The van der Waals surface area contributed by atoms with Crippen molar-refractivity contribution in [2.24, 2.45) is 11.8 Å². The molecule has 1 saturated heterocycles. The number of alkyl halides is 2. The Hall–Kier alpha value is -0.980. The van der Waals surface area contributed by atoms with Gasteiger partial charge >= 0.3 is 0 Å². The fourth-order valence-electron chi connectivity index (χ4n) is 3.26. The van der Waals surface area contributed by atoms with Crippen LogP contribution in [0.3, 0.4) is 0 Å². The van der Waals surface area contributed by atoms with E-state index in [1.165, 1.54) is 12.2 Å². The minimum atomic E-state index is -2.97. The third-order valence-corrected chi connectivity index (χ3v) is 4.61. The molecule has 1 heterocycles. The van der Waals surface area contributed by atoms with Gasteiger partial charge in [-0.3, -0.25) is 0 Å². The first-order chi connectivity index (χ1) is 10.6. The SMILES string of the molecule is OC1(F)C=CC=C(OCC2CCC(C3OCCO3)CC2)C1F. The Morgan fingerprint density at radius 2 is 1.91 bits per heavy atom. The van der Waals surface area contributed by atoms with Gasteiger partial charge in [0.15, 0.2) is 6.29 Å². The third-order valence-electron chi connectivity index (χ3n) is 4.61. The molecule has 6 heteroatoms. The average Bonchev–Trinajstić information content (AvgIpc) is 3.04. The van der Waals surface area contributed by atoms with Gasteiger partial charge in [0.1, 0.15) is 5.76 Å². The number of halogens is 2. The maximum atomic E-state index is 13.7. The highest BCUT2D eigenvalue weighted by Crippen LogP contribution is 2.35. The molecule has 0 aromatic carbocycles. The number of hydrogen-bond acceptors (Lipinski definition) is 4. The molecule has 22 heavy (non-hydrogen) atoms. The summed E-state index contributed by atoms with van der Waals surface area (Å²) in [5.41, 5.74) is 0. The van der Waals surface area contributed by atoms with Crippen LogP contribution < -0.4 is 0 Å². The van der Waals surface area contributed by atoms with E-state index in [4.69, 9.17) is 14.2 Å². The lowest BCUT2D eigenvalue weighted by Gasteiger charge is -2.32. The highest BCUT2D eigenvalue weighted by Gasteiger charge is 2.41. The zero-order valence-corrected chi connectivity index (χ0v) is 12.4. The standard InChI is InChI=1S/C16H22F2O4/c17-14-13(2-1-7-16(14,18)19)22-10-11-3-5-12(6-4-11)15-20-8-9-21-15/h1-2,7,11-12,14-15,19H,3-6,8-10H2. The van der Waals surface area contributed by atoms with Crippen molar-refractivity contribution in [3.8, 4) is 0 Å². The molecule has 2 aliphatic carbocycles. The lowest BCUT2D eigenvalue weighted by Crippen LogP contribution is -2.37. The maximum Gasteiger partial charge on any atom is 0.265 e. The van der Waals surface area contributed by atoms with E-state index in [0.29, 0.717) is 31.7 Å². The van der Waals surface area contributed by atoms with Crippen LogP contribution in [0.15, 0.2) is 24.0 Å². The van der Waals surface area contributed by atoms with Crippen LogP contribution in [0.5, 0.6) is 0 Å². The van der Waals surface area contributed by atoms with E-state index in [0.717, 1.165) is 31.8 Å². The molecule has 1 aliphatic heterocycles. The molecule has 0 radical (unpaired) electrons. The van der Waals surface area contributed by atoms with Crippen LogP contribution in [0.25, 0.3) is 0 Å². The molecule has 1 N–H and O–H groups in total. The predicted octanol–water partition coefficient (Wildman–Crippen LogP) is 2.63. The highest BCUT2D eigenvalue weighted by atomic mass is 19.2. The van der Waals surface area contributed by atoms with Crippen molar-refractivity contribution in [2.75, 3.05) is 19.8 Å². The van der Waals surface area contributed by atoms with Crippen LogP contribution in [0.2, 0.25) is 0 Å². The first-order valence-electron chi connectivity index (χ1n) is 7.87. The normalized spacial score (nSPS) is 39.8. The Kier molecular flexibility index (Phi) is 4.80. The van der Waals surface area contributed by atoms with Gasteiger partial charge < -0.3 is 19.3 Å². The van der Waals surface area contributed by atoms with Gasteiger partial charge in [-0.15, -0.1) is 0 Å². The largest absolute Gasteiger partial charge is 0.494 e. The quantitative estimate of drug-likeness (QED) is 0.866. The Labute approximate surface area is 128 Å². The molecule has 1 saturated carbocycles. The summed E-state index contributed by atoms with van der Waals surface area (Å²) < 4.78 is 43.7. The number of rotatable bonds is 4. The number of allylic oxidation sites excluding steroid dienone is 2. The highest BCUT2D eigenvalue weighted by molar-refractivity contribution is 5.24. The molecule has 124 valence electrons. The van der Waals surface area contributed by atoms with Gasteiger partial charge in [0, 0.05) is 5.92 Å². The van der Waals surface area contributed by atoms with Crippen molar-refractivity contribution >= 4 is 0 Å². The predicted molar refractivity (Wildman–Crippen MR) is 75.3 cm³/mol. The van der Waals surface area contributed by atoms with Gasteiger partial charge in [-0.1, -0.05) is 6.08 Å². The van der Waals surface area contributed by atoms with Crippen molar-refractivity contribution in [3.05, 3.63) is 24.0 Å². The van der Waals surface area contributed by atoms with Crippen molar-refractivity contribution in [2.45, 2.75) is 44.0 Å². The van der Waals surface area contributed by atoms with Gasteiger partial charge in [0.25, 0.3) is 5.85 Å². The van der Waals surface area contributed by atoms with Gasteiger partial charge in [0.2, 0.25) is 6.17 Å². The van der Waals surface area contributed by atoms with E-state index < -0.39 is 12.0 Å². The van der Waals surface area contributed by atoms with Crippen molar-refractivity contribution in [1.29, 1.82) is 0 Å². The minimum Gasteiger partial charge on any atom is -0.494 e. The molecule has 2 unspecified atom stereocenters. The van der Waals surface area contributed by atoms with E-state index in [1.807, 2.05) is 0 Å². The molecule has 0 bridgehead atoms. The number of hydrogen-bond donors (Lipinski definition) is 1. The lowest BCUT2D eigenvalue weighted by atomic mass is 9.82. The van der Waals surface area contributed by atoms with Crippen molar-refractivity contribution < 1.29 is 28.1 Å². The summed E-state index contributed by atoms with van der Waals surface area (Å²) in [4.78, 5) is 0. The molecular formula is C16H22F2O4. The fraction of sp³-hybridized carbons (Fsp3) is 0.750. The monoisotopic (exact) mass is 316 g/mol. The molecule has 2 atom stereocenters. The zero-order chi connectivity index (χ0) is 15.6. The summed E-state index contributed by atoms with van der Waals surface area (Å²) in [5, 5.41) is 9.23. The Bertz CT molecular complexity index is 435. The van der Waals surface area contributed by atoms with E-state index >= 15 is 0 Å². The van der Waals surface area contributed by atoms with E-state index in [2.05, 4.69) is 0 Å². The van der Waals surface area contributed by atoms with E-state index in [1.54, 1.807) is 0 Å². The van der Waals surface area contributed by atoms with Crippen LogP contribution in [0, 0.1) is 11.8 Å². The summed E-state index contributed by atoms with van der Waals surface area (Å²) >= 11 is 0. The van der Waals surface area contributed by atoms with Crippen molar-refractivity contribution in [1.82, 2.24) is 0 Å². The van der Waals surface area contributed by atoms with Crippen LogP contribution in [0.1, 0.15) is 25.7 Å².